The SMILES string of the molecule is CCCCOCCOCCOCC(=O)OC(C)(C)C1CCNCC1. The summed E-state index contributed by atoms with van der Waals surface area (Å²) < 4.78 is 21.7. The molecule has 0 aromatic carbocycles. The van der Waals surface area contributed by atoms with Crippen molar-refractivity contribution >= 4 is 5.97 Å². The molecule has 1 aliphatic heterocycles. The molecule has 1 aliphatic rings. The van der Waals surface area contributed by atoms with Crippen molar-refractivity contribution in [1.29, 1.82) is 0 Å². The fourth-order valence-corrected chi connectivity index (χ4v) is 2.77. The lowest BCUT2D eigenvalue weighted by atomic mass is 9.83. The summed E-state index contributed by atoms with van der Waals surface area (Å²) in [5.74, 6) is 0.0974. The summed E-state index contributed by atoms with van der Waals surface area (Å²) in [6.07, 6.45) is 4.29. The fourth-order valence-electron chi connectivity index (χ4n) is 2.77. The zero-order valence-corrected chi connectivity index (χ0v) is 15.6. The maximum absolute atomic E-state index is 11.9. The van der Waals surface area contributed by atoms with Gasteiger partial charge in [0.25, 0.3) is 0 Å². The molecule has 1 heterocycles. The molecular weight excluding hydrogens is 310 g/mol. The predicted molar refractivity (Wildman–Crippen MR) is 93.1 cm³/mol. The van der Waals surface area contributed by atoms with Crippen LogP contribution < -0.4 is 5.32 Å². The molecule has 0 unspecified atom stereocenters. The van der Waals surface area contributed by atoms with Gasteiger partial charge in [0.05, 0.1) is 26.4 Å². The average molecular weight is 345 g/mol. The Morgan fingerprint density at radius 2 is 1.58 bits per heavy atom. The van der Waals surface area contributed by atoms with Crippen molar-refractivity contribution in [3.05, 3.63) is 0 Å². The molecule has 1 saturated heterocycles. The standard InChI is InChI=1S/C18H35NO5/c1-4-5-10-21-11-12-22-13-14-23-15-17(20)24-18(2,3)16-6-8-19-9-7-16/h16,19H,4-15H2,1-3H3. The Labute approximate surface area is 146 Å². The smallest absolute Gasteiger partial charge is 0.332 e. The van der Waals surface area contributed by atoms with Crippen molar-refractivity contribution in [3.63, 3.8) is 0 Å². The summed E-state index contributed by atoms with van der Waals surface area (Å²) in [5, 5.41) is 3.32. The third-order valence-corrected chi connectivity index (χ3v) is 4.31. The minimum atomic E-state index is -0.436. The summed E-state index contributed by atoms with van der Waals surface area (Å²) in [7, 11) is 0. The van der Waals surface area contributed by atoms with E-state index in [9.17, 15) is 4.79 Å². The van der Waals surface area contributed by atoms with Gasteiger partial charge in [0, 0.05) is 12.5 Å². The van der Waals surface area contributed by atoms with Crippen LogP contribution in [0.15, 0.2) is 0 Å². The number of rotatable bonds is 13. The van der Waals surface area contributed by atoms with E-state index >= 15 is 0 Å². The number of hydrogen-bond acceptors (Lipinski definition) is 6. The van der Waals surface area contributed by atoms with Crippen molar-refractivity contribution < 1.29 is 23.7 Å². The third kappa shape index (κ3) is 9.57. The van der Waals surface area contributed by atoms with Crippen LogP contribution in [0.5, 0.6) is 0 Å². The van der Waals surface area contributed by atoms with Crippen molar-refractivity contribution in [2.45, 2.75) is 52.1 Å². The first-order valence-corrected chi connectivity index (χ1v) is 9.22. The molecular formula is C18H35NO5. The lowest BCUT2D eigenvalue weighted by Crippen LogP contribution is -2.43. The zero-order valence-electron chi connectivity index (χ0n) is 15.6. The molecule has 0 amide bonds. The van der Waals surface area contributed by atoms with Gasteiger partial charge in [-0.1, -0.05) is 13.3 Å². The molecule has 0 radical (unpaired) electrons. The van der Waals surface area contributed by atoms with Crippen molar-refractivity contribution in [2.24, 2.45) is 5.92 Å². The summed E-state index contributed by atoms with van der Waals surface area (Å²) in [6.45, 7) is 10.9. The average Bonchev–Trinajstić information content (AvgIpc) is 2.57. The van der Waals surface area contributed by atoms with Gasteiger partial charge in [0.2, 0.25) is 0 Å². The van der Waals surface area contributed by atoms with E-state index in [-0.39, 0.29) is 12.6 Å². The second-order valence-electron chi connectivity index (χ2n) is 6.73. The van der Waals surface area contributed by atoms with Gasteiger partial charge in [-0.25, -0.2) is 4.79 Å². The van der Waals surface area contributed by atoms with Crippen LogP contribution in [0, 0.1) is 5.92 Å². The Morgan fingerprint density at radius 1 is 1.00 bits per heavy atom. The normalized spacial score (nSPS) is 16.3. The first-order chi connectivity index (χ1) is 11.6. The second-order valence-corrected chi connectivity index (χ2v) is 6.73. The minimum Gasteiger partial charge on any atom is -0.458 e. The molecule has 0 spiro atoms. The molecule has 1 rings (SSSR count). The Hall–Kier alpha value is -0.690. The van der Waals surface area contributed by atoms with E-state index in [1.807, 2.05) is 13.8 Å². The Balaban J connectivity index is 1.99. The Morgan fingerprint density at radius 3 is 2.21 bits per heavy atom. The lowest BCUT2D eigenvalue weighted by molar-refractivity contribution is -0.168. The summed E-state index contributed by atoms with van der Waals surface area (Å²) in [5.41, 5.74) is -0.436. The molecule has 0 atom stereocenters. The van der Waals surface area contributed by atoms with Crippen LogP contribution in [0.25, 0.3) is 0 Å². The Kier molecular flexibility index (Phi) is 11.2. The highest BCUT2D eigenvalue weighted by molar-refractivity contribution is 5.71. The van der Waals surface area contributed by atoms with E-state index in [1.165, 1.54) is 0 Å². The van der Waals surface area contributed by atoms with Gasteiger partial charge in [0.15, 0.2) is 0 Å². The first kappa shape index (κ1) is 21.4. The highest BCUT2D eigenvalue weighted by atomic mass is 16.6. The molecule has 0 bridgehead atoms. The summed E-state index contributed by atoms with van der Waals surface area (Å²) >= 11 is 0. The molecule has 24 heavy (non-hydrogen) atoms. The van der Waals surface area contributed by atoms with Crippen LogP contribution in [-0.2, 0) is 23.7 Å². The highest BCUT2D eigenvalue weighted by Crippen LogP contribution is 2.28. The number of unbranched alkanes of at least 4 members (excludes halogenated alkanes) is 1. The first-order valence-electron chi connectivity index (χ1n) is 9.22. The zero-order chi connectivity index (χ0) is 17.7. The van der Waals surface area contributed by atoms with Gasteiger partial charge < -0.3 is 24.3 Å². The van der Waals surface area contributed by atoms with E-state index in [0.717, 1.165) is 45.4 Å². The highest BCUT2D eigenvalue weighted by Gasteiger charge is 2.33. The van der Waals surface area contributed by atoms with E-state index in [2.05, 4.69) is 12.2 Å². The van der Waals surface area contributed by atoms with Crippen LogP contribution >= 0.6 is 0 Å². The van der Waals surface area contributed by atoms with Crippen LogP contribution in [0.1, 0.15) is 46.5 Å². The molecule has 1 fully saturated rings. The number of ether oxygens (including phenoxy) is 4. The molecule has 0 aliphatic carbocycles. The molecule has 1 N–H and O–H groups in total. The largest absolute Gasteiger partial charge is 0.458 e. The Bertz CT molecular complexity index is 329. The predicted octanol–water partition coefficient (Wildman–Crippen LogP) is 2.16. The van der Waals surface area contributed by atoms with E-state index in [1.54, 1.807) is 0 Å². The molecule has 6 nitrogen and oxygen atoms in total. The number of esters is 1. The molecule has 0 saturated carbocycles. The molecule has 142 valence electrons. The second kappa shape index (κ2) is 12.6. The topological polar surface area (TPSA) is 66.0 Å². The molecule has 0 aromatic heterocycles. The summed E-state index contributed by atoms with van der Waals surface area (Å²) in [6, 6.07) is 0. The van der Waals surface area contributed by atoms with Gasteiger partial charge in [-0.2, -0.15) is 0 Å². The minimum absolute atomic E-state index is 0.0231. The van der Waals surface area contributed by atoms with Gasteiger partial charge >= 0.3 is 5.97 Å². The van der Waals surface area contributed by atoms with Gasteiger partial charge in [-0.05, 0) is 46.2 Å². The fraction of sp³-hybridized carbons (Fsp3) is 0.944. The number of nitrogens with one attached hydrogen (secondary N) is 1. The maximum Gasteiger partial charge on any atom is 0.332 e. The van der Waals surface area contributed by atoms with Crippen molar-refractivity contribution in [1.82, 2.24) is 5.32 Å². The lowest BCUT2D eigenvalue weighted by Gasteiger charge is -2.36. The molecule has 0 aromatic rings. The van der Waals surface area contributed by atoms with Gasteiger partial charge in [-0.3, -0.25) is 0 Å². The van der Waals surface area contributed by atoms with Crippen molar-refractivity contribution in [2.75, 3.05) is 52.7 Å². The monoisotopic (exact) mass is 345 g/mol. The quantitative estimate of drug-likeness (QED) is 0.408. The van der Waals surface area contributed by atoms with Crippen LogP contribution in [-0.4, -0.2) is 64.3 Å². The number of carbonyl (C=O) groups is 1. The van der Waals surface area contributed by atoms with E-state index < -0.39 is 5.60 Å². The van der Waals surface area contributed by atoms with Gasteiger partial charge in [-0.15, -0.1) is 0 Å². The number of carbonyl (C=O) groups excluding carboxylic acids is 1. The maximum atomic E-state index is 11.9. The van der Waals surface area contributed by atoms with Crippen molar-refractivity contribution in [3.8, 4) is 0 Å². The van der Waals surface area contributed by atoms with Gasteiger partial charge in [0.1, 0.15) is 12.2 Å². The number of piperidine rings is 1. The van der Waals surface area contributed by atoms with E-state index in [0.29, 0.717) is 32.3 Å². The molecule has 6 heteroatoms. The number of hydrogen-bond donors (Lipinski definition) is 1. The van der Waals surface area contributed by atoms with Crippen LogP contribution in [0.3, 0.4) is 0 Å². The van der Waals surface area contributed by atoms with Crippen LogP contribution in [0.4, 0.5) is 0 Å². The summed E-state index contributed by atoms with van der Waals surface area (Å²) in [4.78, 5) is 11.9. The van der Waals surface area contributed by atoms with Crippen LogP contribution in [0.2, 0.25) is 0 Å². The third-order valence-electron chi connectivity index (χ3n) is 4.31. The van der Waals surface area contributed by atoms with E-state index in [4.69, 9.17) is 18.9 Å².